The van der Waals surface area contributed by atoms with Crippen molar-refractivity contribution in [1.29, 1.82) is 0 Å². The Morgan fingerprint density at radius 3 is 1.17 bits per heavy atom. The maximum absolute atomic E-state index is 3.85. The summed E-state index contributed by atoms with van der Waals surface area (Å²) in [5.74, 6) is 2.34. The second kappa shape index (κ2) is 5.93. The van der Waals surface area contributed by atoms with E-state index in [4.69, 9.17) is 0 Å². The zero-order valence-corrected chi connectivity index (χ0v) is 17.3. The Kier molecular flexibility index (Phi) is 4.39. The third-order valence-electron chi connectivity index (χ3n) is 4.61. The molecule has 0 aliphatic heterocycles. The van der Waals surface area contributed by atoms with E-state index in [1.54, 1.807) is 20.9 Å². The monoisotopic (exact) mass is 347 g/mol. The first-order chi connectivity index (χ1) is 10.7. The van der Waals surface area contributed by atoms with Gasteiger partial charge in [-0.05, 0) is 34.8 Å². The molecule has 126 valence electrons. The van der Waals surface area contributed by atoms with Gasteiger partial charge in [0.2, 0.25) is 0 Å². The maximum atomic E-state index is 3.85. The summed E-state index contributed by atoms with van der Waals surface area (Å²) in [5, 5.41) is 0. The first-order valence-corrected chi connectivity index (χ1v) is 10.5. The largest absolute Gasteiger partial charge is 0.353 e. The van der Waals surface area contributed by atoms with Crippen molar-refractivity contribution in [2.24, 2.45) is 0 Å². The average Bonchev–Trinajstić information content (AvgIpc) is 3.03. The maximum Gasteiger partial charge on any atom is 0.0704 e. The van der Waals surface area contributed by atoms with Gasteiger partial charge in [0.15, 0.2) is 0 Å². The van der Waals surface area contributed by atoms with Crippen LogP contribution in [-0.2, 0) is 0 Å². The second-order valence-corrected chi connectivity index (χ2v) is 10.0. The fraction of sp³-hybridized carbons (Fsp3) is 0.600. The minimum absolute atomic E-state index is 0.570. The van der Waals surface area contributed by atoms with Crippen LogP contribution in [0.4, 0.5) is 0 Å². The standard InChI is InChI=1S/C20H29NS2/c1-9(2)13-15-19(22-17(13)11(5)6)20-16(21-15)14(10(3)4)18(23-20)12(7)8/h9-12,21H,1-8H3. The van der Waals surface area contributed by atoms with Gasteiger partial charge in [0.05, 0.1) is 20.4 Å². The zero-order chi connectivity index (χ0) is 17.0. The molecule has 0 bridgehead atoms. The molecular formula is C20H29NS2. The van der Waals surface area contributed by atoms with E-state index in [0.717, 1.165) is 0 Å². The van der Waals surface area contributed by atoms with E-state index in [9.17, 15) is 0 Å². The predicted molar refractivity (Wildman–Crippen MR) is 108 cm³/mol. The molecule has 0 aliphatic carbocycles. The topological polar surface area (TPSA) is 15.8 Å². The Morgan fingerprint density at radius 2 is 0.913 bits per heavy atom. The Balaban J connectivity index is 2.39. The van der Waals surface area contributed by atoms with E-state index in [1.165, 1.54) is 20.4 Å². The molecule has 0 aromatic carbocycles. The van der Waals surface area contributed by atoms with Crippen molar-refractivity contribution in [1.82, 2.24) is 4.98 Å². The number of hydrogen-bond donors (Lipinski definition) is 1. The molecule has 0 fully saturated rings. The molecule has 1 nitrogen and oxygen atoms in total. The fourth-order valence-corrected chi connectivity index (χ4v) is 6.59. The van der Waals surface area contributed by atoms with Gasteiger partial charge in [-0.3, -0.25) is 0 Å². The van der Waals surface area contributed by atoms with Gasteiger partial charge < -0.3 is 4.98 Å². The molecular weight excluding hydrogens is 318 g/mol. The zero-order valence-electron chi connectivity index (χ0n) is 15.6. The SMILES string of the molecule is CC(C)c1sc2c([nH]c3c(C(C)C)c(C(C)C)sc32)c1C(C)C. The van der Waals surface area contributed by atoms with Crippen molar-refractivity contribution < 1.29 is 0 Å². The van der Waals surface area contributed by atoms with Gasteiger partial charge in [0.25, 0.3) is 0 Å². The van der Waals surface area contributed by atoms with Crippen LogP contribution >= 0.6 is 22.7 Å². The number of aromatic nitrogens is 1. The van der Waals surface area contributed by atoms with Gasteiger partial charge in [0.1, 0.15) is 0 Å². The van der Waals surface area contributed by atoms with Crippen molar-refractivity contribution in [2.75, 3.05) is 0 Å². The van der Waals surface area contributed by atoms with Crippen LogP contribution in [0.3, 0.4) is 0 Å². The molecule has 0 saturated heterocycles. The average molecular weight is 348 g/mol. The summed E-state index contributed by atoms with van der Waals surface area (Å²) in [4.78, 5) is 6.98. The Labute approximate surface area is 148 Å². The molecule has 1 N–H and O–H groups in total. The van der Waals surface area contributed by atoms with Crippen molar-refractivity contribution in [3.05, 3.63) is 20.9 Å². The molecule has 3 rings (SSSR count). The molecule has 3 heterocycles. The van der Waals surface area contributed by atoms with E-state index in [-0.39, 0.29) is 0 Å². The van der Waals surface area contributed by atoms with Crippen LogP contribution in [0.5, 0.6) is 0 Å². The van der Waals surface area contributed by atoms with Crippen LogP contribution in [0.25, 0.3) is 20.4 Å². The summed E-state index contributed by atoms with van der Waals surface area (Å²) < 4.78 is 2.98. The minimum atomic E-state index is 0.570. The summed E-state index contributed by atoms with van der Waals surface area (Å²) >= 11 is 4.04. The molecule has 0 saturated carbocycles. The third-order valence-corrected chi connectivity index (χ3v) is 7.78. The molecule has 3 aromatic rings. The van der Waals surface area contributed by atoms with Gasteiger partial charge in [0, 0.05) is 9.75 Å². The molecule has 0 amide bonds. The lowest BCUT2D eigenvalue weighted by Crippen LogP contribution is -1.95. The number of rotatable bonds is 4. The van der Waals surface area contributed by atoms with Gasteiger partial charge in [-0.1, -0.05) is 55.4 Å². The lowest BCUT2D eigenvalue weighted by atomic mass is 9.98. The quantitative estimate of drug-likeness (QED) is 0.493. The van der Waals surface area contributed by atoms with E-state index in [1.807, 2.05) is 22.7 Å². The van der Waals surface area contributed by atoms with E-state index < -0.39 is 0 Å². The fourth-order valence-electron chi connectivity index (χ4n) is 3.62. The highest BCUT2D eigenvalue weighted by atomic mass is 32.1. The lowest BCUT2D eigenvalue weighted by Gasteiger charge is -2.11. The summed E-state index contributed by atoms with van der Waals surface area (Å²) in [5.41, 5.74) is 5.91. The van der Waals surface area contributed by atoms with Gasteiger partial charge in [-0.25, -0.2) is 0 Å². The van der Waals surface area contributed by atoms with Crippen molar-refractivity contribution >= 4 is 43.1 Å². The Hall–Kier alpha value is -0.800. The van der Waals surface area contributed by atoms with Crippen molar-refractivity contribution in [3.63, 3.8) is 0 Å². The van der Waals surface area contributed by atoms with Gasteiger partial charge in [-0.2, -0.15) is 0 Å². The highest BCUT2D eigenvalue weighted by Crippen LogP contribution is 2.49. The Morgan fingerprint density at radius 1 is 0.565 bits per heavy atom. The Bertz CT molecular complexity index is 771. The normalized spacial score (nSPS) is 13.0. The number of H-pyrrole nitrogens is 1. The predicted octanol–water partition coefficient (Wildman–Crippen LogP) is 7.94. The molecule has 3 aromatic heterocycles. The summed E-state index contributed by atoms with van der Waals surface area (Å²) in [6.45, 7) is 18.6. The minimum Gasteiger partial charge on any atom is -0.353 e. The van der Waals surface area contributed by atoms with Crippen LogP contribution in [-0.4, -0.2) is 4.98 Å². The molecule has 0 aliphatic rings. The number of aromatic amines is 1. The highest BCUT2D eigenvalue weighted by molar-refractivity contribution is 7.27. The van der Waals surface area contributed by atoms with Gasteiger partial charge in [-0.15, -0.1) is 22.7 Å². The molecule has 0 spiro atoms. The van der Waals surface area contributed by atoms with Crippen LogP contribution in [0.1, 0.15) is 99.9 Å². The van der Waals surface area contributed by atoms with Crippen LogP contribution in [0, 0.1) is 0 Å². The number of nitrogens with one attached hydrogen (secondary N) is 1. The van der Waals surface area contributed by atoms with Crippen LogP contribution < -0.4 is 0 Å². The molecule has 23 heavy (non-hydrogen) atoms. The molecule has 0 atom stereocenters. The number of hydrogen-bond acceptors (Lipinski definition) is 2. The third kappa shape index (κ3) is 2.56. The summed E-state index contributed by atoms with van der Waals surface area (Å²) in [6, 6.07) is 0. The van der Waals surface area contributed by atoms with Crippen molar-refractivity contribution in [3.8, 4) is 0 Å². The molecule has 0 unspecified atom stereocenters. The van der Waals surface area contributed by atoms with E-state index in [0.29, 0.717) is 23.7 Å². The van der Waals surface area contributed by atoms with Crippen molar-refractivity contribution in [2.45, 2.75) is 79.1 Å². The smallest absolute Gasteiger partial charge is 0.0704 e. The molecule has 3 heteroatoms. The number of fused-ring (bicyclic) bond motifs is 3. The van der Waals surface area contributed by atoms with Gasteiger partial charge >= 0.3 is 0 Å². The lowest BCUT2D eigenvalue weighted by molar-refractivity contribution is 0.810. The second-order valence-electron chi connectivity index (χ2n) is 7.91. The first-order valence-electron chi connectivity index (χ1n) is 8.84. The van der Waals surface area contributed by atoms with E-state index in [2.05, 4.69) is 60.4 Å². The van der Waals surface area contributed by atoms with Crippen LogP contribution in [0.15, 0.2) is 0 Å². The summed E-state index contributed by atoms with van der Waals surface area (Å²) in [6.07, 6.45) is 0. The van der Waals surface area contributed by atoms with Crippen LogP contribution in [0.2, 0.25) is 0 Å². The first kappa shape index (κ1) is 17.0. The molecule has 0 radical (unpaired) electrons. The van der Waals surface area contributed by atoms with E-state index >= 15 is 0 Å². The summed E-state index contributed by atoms with van der Waals surface area (Å²) in [7, 11) is 0. The highest BCUT2D eigenvalue weighted by Gasteiger charge is 2.25. The number of thiophene rings is 2.